The second-order valence-corrected chi connectivity index (χ2v) is 10.3. The van der Waals surface area contributed by atoms with Crippen LogP contribution in [-0.2, 0) is 14.2 Å². The van der Waals surface area contributed by atoms with Gasteiger partial charge in [-0.15, -0.1) is 0 Å². The number of fused-ring (bicyclic) bond motifs is 1. The Morgan fingerprint density at radius 1 is 1.13 bits per heavy atom. The van der Waals surface area contributed by atoms with Crippen molar-refractivity contribution in [2.45, 2.75) is 39.5 Å². The third-order valence-corrected chi connectivity index (χ3v) is 7.34. The molecule has 0 aromatic carbocycles. The Morgan fingerprint density at radius 3 is 2.58 bits per heavy atom. The molecule has 5 rings (SSSR count). The number of hydrogen-bond donors (Lipinski definition) is 0. The molecule has 0 saturated carbocycles. The number of hydrogen-bond acceptors (Lipinski definition) is 9. The molecular weight excluding hydrogens is 484 g/mol. The number of anilines is 2. The highest BCUT2D eigenvalue weighted by Gasteiger charge is 2.28. The van der Waals surface area contributed by atoms with Crippen molar-refractivity contribution >= 4 is 28.5 Å². The summed E-state index contributed by atoms with van der Waals surface area (Å²) in [6.07, 6.45) is 3.87. The maximum absolute atomic E-state index is 12.9. The summed E-state index contributed by atoms with van der Waals surface area (Å²) in [5.41, 5.74) is 3.77. The molecule has 2 aliphatic heterocycles. The molecule has 0 spiro atoms. The zero-order chi connectivity index (χ0) is 26.6. The molecule has 0 N–H and O–H groups in total. The topological polar surface area (TPSA) is 94.8 Å². The van der Waals surface area contributed by atoms with E-state index in [0.29, 0.717) is 37.1 Å². The summed E-state index contributed by atoms with van der Waals surface area (Å²) in [7, 11) is 1.76. The van der Waals surface area contributed by atoms with E-state index in [4.69, 9.17) is 24.3 Å². The summed E-state index contributed by atoms with van der Waals surface area (Å²) in [4.78, 5) is 27.0. The van der Waals surface area contributed by atoms with E-state index in [1.165, 1.54) is 0 Å². The van der Waals surface area contributed by atoms with Crippen LogP contribution in [0.4, 0.5) is 11.5 Å². The molecule has 3 aromatic heterocycles. The van der Waals surface area contributed by atoms with Gasteiger partial charge in [0, 0.05) is 52.2 Å². The molecule has 0 aliphatic carbocycles. The smallest absolute Gasteiger partial charge is 0.357 e. The van der Waals surface area contributed by atoms with Gasteiger partial charge < -0.3 is 24.0 Å². The number of pyridine rings is 2. The van der Waals surface area contributed by atoms with Crippen molar-refractivity contribution in [3.8, 4) is 5.69 Å². The lowest BCUT2D eigenvalue weighted by atomic mass is 9.96. The lowest BCUT2D eigenvalue weighted by molar-refractivity contribution is 0.0520. The molecule has 2 saturated heterocycles. The molecule has 0 atom stereocenters. The molecule has 0 amide bonds. The Balaban J connectivity index is 1.64. The lowest BCUT2D eigenvalue weighted by Gasteiger charge is -2.34. The summed E-state index contributed by atoms with van der Waals surface area (Å²) >= 11 is 0. The Morgan fingerprint density at radius 2 is 1.89 bits per heavy atom. The van der Waals surface area contributed by atoms with Crippen LogP contribution in [0, 0.1) is 5.92 Å². The number of carbonyl (C=O) groups excluding carboxylic acids is 1. The van der Waals surface area contributed by atoms with E-state index in [1.54, 1.807) is 13.3 Å². The van der Waals surface area contributed by atoms with Crippen LogP contribution in [0.5, 0.6) is 0 Å². The predicted octanol–water partition coefficient (Wildman–Crippen LogP) is 3.82. The zero-order valence-corrected chi connectivity index (χ0v) is 22.9. The molecule has 10 nitrogen and oxygen atoms in total. The first-order chi connectivity index (χ1) is 18.5. The molecule has 5 heterocycles. The summed E-state index contributed by atoms with van der Waals surface area (Å²) in [5, 5.41) is 6.06. The van der Waals surface area contributed by atoms with Crippen LogP contribution in [0.2, 0.25) is 0 Å². The lowest BCUT2D eigenvalue weighted by Crippen LogP contribution is -2.36. The van der Waals surface area contributed by atoms with Crippen molar-refractivity contribution in [3.05, 3.63) is 35.8 Å². The molecule has 38 heavy (non-hydrogen) atoms. The fraction of sp³-hybridized carbons (Fsp3) is 0.571. The van der Waals surface area contributed by atoms with Gasteiger partial charge in [-0.25, -0.2) is 19.4 Å². The van der Waals surface area contributed by atoms with Gasteiger partial charge in [0.15, 0.2) is 11.3 Å². The number of morpholine rings is 1. The van der Waals surface area contributed by atoms with Crippen molar-refractivity contribution in [1.29, 1.82) is 0 Å². The Kier molecular flexibility index (Phi) is 8.09. The van der Waals surface area contributed by atoms with Crippen molar-refractivity contribution in [3.63, 3.8) is 0 Å². The minimum atomic E-state index is -0.424. The Hall–Kier alpha value is -3.24. The van der Waals surface area contributed by atoms with Gasteiger partial charge in [-0.3, -0.25) is 0 Å². The van der Waals surface area contributed by atoms with E-state index in [-0.39, 0.29) is 5.92 Å². The summed E-state index contributed by atoms with van der Waals surface area (Å²) in [5.74, 6) is 1.16. The second kappa shape index (κ2) is 11.7. The number of ether oxygens (including phenoxy) is 3. The number of carbonyl (C=O) groups is 1. The fourth-order valence-corrected chi connectivity index (χ4v) is 5.35. The largest absolute Gasteiger partial charge is 0.461 e. The highest BCUT2D eigenvalue weighted by atomic mass is 16.5. The van der Waals surface area contributed by atoms with Crippen LogP contribution in [0.1, 0.15) is 55.7 Å². The number of aromatic nitrogens is 4. The summed E-state index contributed by atoms with van der Waals surface area (Å²) < 4.78 is 18.2. The van der Waals surface area contributed by atoms with Crippen LogP contribution in [0.15, 0.2) is 24.4 Å². The van der Waals surface area contributed by atoms with E-state index in [2.05, 4.69) is 28.6 Å². The molecule has 0 unspecified atom stereocenters. The highest BCUT2D eigenvalue weighted by Crippen LogP contribution is 2.37. The normalized spacial score (nSPS) is 17.0. The van der Waals surface area contributed by atoms with Crippen LogP contribution >= 0.6 is 0 Å². The van der Waals surface area contributed by atoms with Gasteiger partial charge in [-0.05, 0) is 43.7 Å². The average molecular weight is 523 g/mol. The van der Waals surface area contributed by atoms with E-state index >= 15 is 0 Å². The molecule has 2 fully saturated rings. The molecule has 0 bridgehead atoms. The van der Waals surface area contributed by atoms with Crippen molar-refractivity contribution in [1.82, 2.24) is 19.7 Å². The molecule has 10 heteroatoms. The van der Waals surface area contributed by atoms with Gasteiger partial charge in [0.1, 0.15) is 5.82 Å². The minimum absolute atomic E-state index is 0.166. The van der Waals surface area contributed by atoms with E-state index in [9.17, 15) is 4.79 Å². The molecule has 0 radical (unpaired) electrons. The first-order valence-electron chi connectivity index (χ1n) is 13.6. The molecular formula is C28H38N6O4. The average Bonchev–Trinajstić information content (AvgIpc) is 3.34. The predicted molar refractivity (Wildman–Crippen MR) is 147 cm³/mol. The van der Waals surface area contributed by atoms with Crippen LogP contribution in [0.25, 0.3) is 16.7 Å². The Labute approximate surface area is 223 Å². The Bertz CT molecular complexity index is 1260. The SMILES string of the molecule is CCOC(=O)c1cc(N2CCC(COC)CC2)c2c(C(C)C)nn(-c3ccnc(N4CCOCC4)c3)c2n1. The van der Waals surface area contributed by atoms with Gasteiger partial charge in [0.2, 0.25) is 0 Å². The number of piperidine rings is 1. The number of methoxy groups -OCH3 is 1. The number of nitrogens with zero attached hydrogens (tertiary/aromatic N) is 6. The first-order valence-corrected chi connectivity index (χ1v) is 13.6. The van der Waals surface area contributed by atoms with Crippen LogP contribution in [0.3, 0.4) is 0 Å². The fourth-order valence-electron chi connectivity index (χ4n) is 5.35. The minimum Gasteiger partial charge on any atom is -0.461 e. The third-order valence-electron chi connectivity index (χ3n) is 7.34. The van der Waals surface area contributed by atoms with E-state index < -0.39 is 5.97 Å². The maximum atomic E-state index is 12.9. The van der Waals surface area contributed by atoms with Gasteiger partial charge in [-0.1, -0.05) is 13.8 Å². The summed E-state index contributed by atoms with van der Waals surface area (Å²) in [6, 6.07) is 5.87. The van der Waals surface area contributed by atoms with E-state index in [0.717, 1.165) is 73.9 Å². The third kappa shape index (κ3) is 5.33. The molecule has 204 valence electrons. The van der Waals surface area contributed by atoms with E-state index in [1.807, 2.05) is 29.8 Å². The van der Waals surface area contributed by atoms with Crippen molar-refractivity contribution < 1.29 is 19.0 Å². The van der Waals surface area contributed by atoms with Crippen LogP contribution < -0.4 is 9.80 Å². The number of esters is 1. The van der Waals surface area contributed by atoms with Gasteiger partial charge in [0.05, 0.1) is 42.3 Å². The standard InChI is InChI=1S/C28H38N6O4/c1-5-38-28(35)22-17-23(32-10-7-20(8-11-32)18-36-4)25-26(19(2)3)31-34(27(25)30-22)21-6-9-29-24(16-21)33-12-14-37-15-13-33/h6,9,16-17,19-20H,5,7-8,10-15,18H2,1-4H3. The zero-order valence-electron chi connectivity index (χ0n) is 22.9. The van der Waals surface area contributed by atoms with Gasteiger partial charge in [0.25, 0.3) is 0 Å². The van der Waals surface area contributed by atoms with Crippen molar-refractivity contribution in [2.24, 2.45) is 5.92 Å². The summed E-state index contributed by atoms with van der Waals surface area (Å²) in [6.45, 7) is 11.9. The molecule has 2 aliphatic rings. The number of rotatable bonds is 8. The monoisotopic (exact) mass is 522 g/mol. The second-order valence-electron chi connectivity index (χ2n) is 10.3. The van der Waals surface area contributed by atoms with Crippen molar-refractivity contribution in [2.75, 3.05) is 69.5 Å². The molecule has 3 aromatic rings. The first kappa shape index (κ1) is 26.4. The highest BCUT2D eigenvalue weighted by molar-refractivity contribution is 5.99. The quantitative estimate of drug-likeness (QED) is 0.409. The maximum Gasteiger partial charge on any atom is 0.357 e. The van der Waals surface area contributed by atoms with Gasteiger partial charge in [-0.2, -0.15) is 5.10 Å². The van der Waals surface area contributed by atoms with Gasteiger partial charge >= 0.3 is 5.97 Å². The van der Waals surface area contributed by atoms with Crippen LogP contribution in [-0.4, -0.2) is 85.4 Å².